The van der Waals surface area contributed by atoms with E-state index in [2.05, 4.69) is 31.9 Å². The molecule has 5 heteroatoms. The van der Waals surface area contributed by atoms with Crippen LogP contribution in [0, 0.1) is 5.92 Å². The van der Waals surface area contributed by atoms with Crippen molar-refractivity contribution >= 4 is 44.3 Å². The van der Waals surface area contributed by atoms with Crippen molar-refractivity contribution in [1.29, 1.82) is 0 Å². The second-order valence-electron chi connectivity index (χ2n) is 4.36. The molecule has 0 saturated heterocycles. The van der Waals surface area contributed by atoms with Gasteiger partial charge in [-0.2, -0.15) is 0 Å². The maximum Gasteiger partial charge on any atom is 0.135 e. The van der Waals surface area contributed by atoms with Crippen molar-refractivity contribution in [3.8, 4) is 5.75 Å². The van der Waals surface area contributed by atoms with Gasteiger partial charge in [-0.05, 0) is 46.8 Å². The van der Waals surface area contributed by atoms with E-state index >= 15 is 0 Å². The number of hydrogen-bond acceptors (Lipinski definition) is 2. The molecule has 1 aromatic rings. The van der Waals surface area contributed by atoms with Crippen LogP contribution in [0.25, 0.3) is 0 Å². The molecule has 0 radical (unpaired) electrons. The standard InChI is InChI=1S/C12H15Br2NO.ClH/c13-8-5-6-9(14)12(16)10(8)11(15)7-3-1-2-4-7;/h5-7,11,16H,1-4,15H2;1H/t11-;/m1./s1. The highest BCUT2D eigenvalue weighted by molar-refractivity contribution is 9.11. The predicted octanol–water partition coefficient (Wildman–Crippen LogP) is 4.53. The quantitative estimate of drug-likeness (QED) is 0.786. The molecular weight excluding hydrogens is 369 g/mol. The highest BCUT2D eigenvalue weighted by Gasteiger charge is 2.27. The Bertz CT molecular complexity index is 394. The van der Waals surface area contributed by atoms with E-state index in [9.17, 15) is 5.11 Å². The summed E-state index contributed by atoms with van der Waals surface area (Å²) in [6.07, 6.45) is 4.84. The molecule has 0 amide bonds. The number of halogens is 3. The topological polar surface area (TPSA) is 46.2 Å². The summed E-state index contributed by atoms with van der Waals surface area (Å²) in [7, 11) is 0. The van der Waals surface area contributed by atoms with Gasteiger partial charge in [-0.3, -0.25) is 0 Å². The Kier molecular flexibility index (Phi) is 5.77. The predicted molar refractivity (Wildman–Crippen MR) is 79.6 cm³/mol. The lowest BCUT2D eigenvalue weighted by atomic mass is 9.92. The van der Waals surface area contributed by atoms with Gasteiger partial charge in [0.15, 0.2) is 0 Å². The maximum atomic E-state index is 10.1. The van der Waals surface area contributed by atoms with E-state index in [-0.39, 0.29) is 24.2 Å². The van der Waals surface area contributed by atoms with Gasteiger partial charge in [-0.15, -0.1) is 12.4 Å². The van der Waals surface area contributed by atoms with Gasteiger partial charge in [0, 0.05) is 16.1 Å². The van der Waals surface area contributed by atoms with Crippen LogP contribution < -0.4 is 5.73 Å². The second kappa shape index (κ2) is 6.41. The fourth-order valence-corrected chi connectivity index (χ4v) is 3.36. The number of phenolic OH excluding ortho intramolecular Hbond substituents is 1. The summed E-state index contributed by atoms with van der Waals surface area (Å²) in [5, 5.41) is 10.1. The largest absolute Gasteiger partial charge is 0.506 e. The number of nitrogens with two attached hydrogens (primary N) is 1. The lowest BCUT2D eigenvalue weighted by Gasteiger charge is -2.22. The summed E-state index contributed by atoms with van der Waals surface area (Å²) in [6, 6.07) is 3.67. The Balaban J connectivity index is 0.00000144. The molecule has 0 aliphatic heterocycles. The molecule has 1 atom stereocenters. The Morgan fingerprint density at radius 1 is 1.18 bits per heavy atom. The third kappa shape index (κ3) is 3.16. The average molecular weight is 386 g/mol. The van der Waals surface area contributed by atoms with Crippen LogP contribution in [0.2, 0.25) is 0 Å². The molecule has 1 saturated carbocycles. The monoisotopic (exact) mass is 383 g/mol. The van der Waals surface area contributed by atoms with Crippen LogP contribution in [-0.4, -0.2) is 5.11 Å². The lowest BCUT2D eigenvalue weighted by molar-refractivity contribution is 0.409. The van der Waals surface area contributed by atoms with Crippen LogP contribution in [0.1, 0.15) is 37.3 Å². The summed E-state index contributed by atoms with van der Waals surface area (Å²) >= 11 is 6.80. The van der Waals surface area contributed by atoms with E-state index in [1.54, 1.807) is 0 Å². The molecule has 2 rings (SSSR count). The molecule has 17 heavy (non-hydrogen) atoms. The maximum absolute atomic E-state index is 10.1. The molecule has 0 bridgehead atoms. The minimum absolute atomic E-state index is 0. The SMILES string of the molecule is Cl.N[C@@H](c1c(Br)ccc(Br)c1O)C1CCCC1. The Morgan fingerprint density at radius 3 is 2.29 bits per heavy atom. The lowest BCUT2D eigenvalue weighted by Crippen LogP contribution is -2.19. The highest BCUT2D eigenvalue weighted by Crippen LogP contribution is 2.42. The van der Waals surface area contributed by atoms with E-state index in [4.69, 9.17) is 5.73 Å². The minimum Gasteiger partial charge on any atom is -0.506 e. The van der Waals surface area contributed by atoms with Gasteiger partial charge in [0.05, 0.1) is 4.47 Å². The molecule has 1 aliphatic carbocycles. The Morgan fingerprint density at radius 2 is 1.71 bits per heavy atom. The highest BCUT2D eigenvalue weighted by atomic mass is 79.9. The molecule has 1 aromatic carbocycles. The number of phenols is 1. The van der Waals surface area contributed by atoms with Gasteiger partial charge in [-0.1, -0.05) is 28.8 Å². The van der Waals surface area contributed by atoms with Crippen LogP contribution >= 0.6 is 44.3 Å². The Labute approximate surface area is 125 Å². The van der Waals surface area contributed by atoms with Crippen molar-refractivity contribution in [2.45, 2.75) is 31.7 Å². The van der Waals surface area contributed by atoms with Gasteiger partial charge in [-0.25, -0.2) is 0 Å². The first-order chi connectivity index (χ1) is 7.61. The molecular formula is C12H16Br2ClNO. The van der Waals surface area contributed by atoms with Gasteiger partial charge in [0.2, 0.25) is 0 Å². The van der Waals surface area contributed by atoms with Crippen LogP contribution in [0.15, 0.2) is 21.1 Å². The minimum atomic E-state index is -0.0747. The normalized spacial score (nSPS) is 17.8. The molecule has 0 unspecified atom stereocenters. The molecule has 0 spiro atoms. The zero-order valence-electron chi connectivity index (χ0n) is 9.33. The second-order valence-corrected chi connectivity index (χ2v) is 6.07. The summed E-state index contributed by atoms with van der Waals surface area (Å²) < 4.78 is 1.60. The van der Waals surface area contributed by atoms with Crippen LogP contribution in [0.3, 0.4) is 0 Å². The average Bonchev–Trinajstić information content (AvgIpc) is 2.77. The van der Waals surface area contributed by atoms with Crippen molar-refractivity contribution in [2.24, 2.45) is 11.7 Å². The van der Waals surface area contributed by atoms with E-state index in [0.29, 0.717) is 10.4 Å². The fourth-order valence-electron chi connectivity index (χ4n) is 2.43. The first-order valence-electron chi connectivity index (χ1n) is 5.53. The molecule has 0 heterocycles. The summed E-state index contributed by atoms with van der Waals surface area (Å²) in [4.78, 5) is 0. The zero-order valence-corrected chi connectivity index (χ0v) is 13.3. The van der Waals surface area contributed by atoms with E-state index in [1.807, 2.05) is 12.1 Å². The van der Waals surface area contributed by atoms with E-state index in [0.717, 1.165) is 10.0 Å². The summed E-state index contributed by atoms with van der Waals surface area (Å²) in [6.45, 7) is 0. The summed E-state index contributed by atoms with van der Waals surface area (Å²) in [5.74, 6) is 0.769. The van der Waals surface area contributed by atoms with Gasteiger partial charge in [0.1, 0.15) is 5.75 Å². The summed E-state index contributed by atoms with van der Waals surface area (Å²) in [5.41, 5.74) is 7.09. The van der Waals surface area contributed by atoms with Gasteiger partial charge >= 0.3 is 0 Å². The van der Waals surface area contributed by atoms with Crippen molar-refractivity contribution in [3.63, 3.8) is 0 Å². The molecule has 1 aliphatic rings. The van der Waals surface area contributed by atoms with Crippen LogP contribution in [0.4, 0.5) is 0 Å². The number of rotatable bonds is 2. The molecule has 96 valence electrons. The van der Waals surface area contributed by atoms with Crippen LogP contribution in [-0.2, 0) is 0 Å². The van der Waals surface area contributed by atoms with E-state index in [1.165, 1.54) is 25.7 Å². The van der Waals surface area contributed by atoms with Crippen molar-refractivity contribution in [2.75, 3.05) is 0 Å². The molecule has 1 fully saturated rings. The van der Waals surface area contributed by atoms with Crippen molar-refractivity contribution < 1.29 is 5.11 Å². The van der Waals surface area contributed by atoms with Gasteiger partial charge in [0.25, 0.3) is 0 Å². The van der Waals surface area contributed by atoms with E-state index < -0.39 is 0 Å². The van der Waals surface area contributed by atoms with Gasteiger partial charge < -0.3 is 10.8 Å². The number of benzene rings is 1. The van der Waals surface area contributed by atoms with Crippen molar-refractivity contribution in [1.82, 2.24) is 0 Å². The third-order valence-corrected chi connectivity index (χ3v) is 4.69. The van der Waals surface area contributed by atoms with Crippen LogP contribution in [0.5, 0.6) is 5.75 Å². The molecule has 2 nitrogen and oxygen atoms in total. The third-order valence-electron chi connectivity index (χ3n) is 3.36. The van der Waals surface area contributed by atoms with Crippen molar-refractivity contribution in [3.05, 3.63) is 26.6 Å². The molecule has 3 N–H and O–H groups in total. The smallest absolute Gasteiger partial charge is 0.135 e. The number of aromatic hydroxyl groups is 1. The molecule has 0 aromatic heterocycles. The zero-order chi connectivity index (χ0) is 11.7. The number of hydrogen-bond donors (Lipinski definition) is 2. The fraction of sp³-hybridized carbons (Fsp3) is 0.500. The first kappa shape index (κ1) is 15.3. The Hall–Kier alpha value is 0.230. The first-order valence-corrected chi connectivity index (χ1v) is 7.12.